The molecule has 0 spiro atoms. The lowest BCUT2D eigenvalue weighted by atomic mass is 9.96. The van der Waals surface area contributed by atoms with Crippen molar-refractivity contribution >= 4 is 38.9 Å². The lowest BCUT2D eigenvalue weighted by Gasteiger charge is -2.12. The lowest BCUT2D eigenvalue weighted by molar-refractivity contribution is -0.111. The summed E-state index contributed by atoms with van der Waals surface area (Å²) in [5.74, 6) is 1.23. The molecule has 5 nitrogen and oxygen atoms in total. The molecule has 0 aliphatic carbocycles. The van der Waals surface area contributed by atoms with Gasteiger partial charge in [0.1, 0.15) is 17.1 Å². The number of ether oxygens (including phenoxy) is 2. The van der Waals surface area contributed by atoms with Crippen molar-refractivity contribution in [2.24, 2.45) is 0 Å². The van der Waals surface area contributed by atoms with E-state index in [4.69, 9.17) is 13.9 Å². The maximum absolute atomic E-state index is 12.8. The normalized spacial score (nSPS) is 11.6. The van der Waals surface area contributed by atoms with E-state index in [1.165, 1.54) is 5.39 Å². The Morgan fingerprint density at radius 1 is 0.865 bits per heavy atom. The smallest absolute Gasteiger partial charge is 0.248 e. The zero-order valence-electron chi connectivity index (χ0n) is 21.2. The number of allylic oxidation sites excluding steroid dienone is 1. The van der Waals surface area contributed by atoms with Crippen molar-refractivity contribution < 1.29 is 18.7 Å². The van der Waals surface area contributed by atoms with Crippen LogP contribution in [-0.2, 0) is 4.79 Å². The van der Waals surface area contributed by atoms with E-state index in [9.17, 15) is 4.79 Å². The van der Waals surface area contributed by atoms with Gasteiger partial charge in [0.25, 0.3) is 0 Å². The van der Waals surface area contributed by atoms with Crippen molar-refractivity contribution in [3.63, 3.8) is 0 Å². The van der Waals surface area contributed by atoms with Crippen LogP contribution in [0.2, 0.25) is 0 Å². The fourth-order valence-electron chi connectivity index (χ4n) is 4.56. The summed E-state index contributed by atoms with van der Waals surface area (Å²) < 4.78 is 17.4. The maximum Gasteiger partial charge on any atom is 0.248 e. The first kappa shape index (κ1) is 24.2. The van der Waals surface area contributed by atoms with E-state index in [1.807, 2.05) is 63.2 Å². The molecule has 1 aromatic heterocycles. The molecule has 0 saturated carbocycles. The highest BCUT2D eigenvalue weighted by Crippen LogP contribution is 2.39. The molecule has 0 atom stereocenters. The van der Waals surface area contributed by atoms with Gasteiger partial charge in [0.05, 0.1) is 19.5 Å². The minimum atomic E-state index is -0.217. The summed E-state index contributed by atoms with van der Waals surface area (Å²) >= 11 is 0. The number of nitrogens with one attached hydrogen (secondary N) is 1. The van der Waals surface area contributed by atoms with Crippen LogP contribution in [0.25, 0.3) is 38.4 Å². The number of fused-ring (bicyclic) bond motifs is 2. The van der Waals surface area contributed by atoms with Gasteiger partial charge in [-0.25, -0.2) is 0 Å². The molecule has 4 aromatic carbocycles. The number of benzene rings is 4. The monoisotopic (exact) mass is 491 g/mol. The molecule has 37 heavy (non-hydrogen) atoms. The van der Waals surface area contributed by atoms with Crippen molar-refractivity contribution in [2.45, 2.75) is 20.8 Å². The number of hydrogen-bond acceptors (Lipinski definition) is 4. The third kappa shape index (κ3) is 5.07. The van der Waals surface area contributed by atoms with E-state index >= 15 is 0 Å². The largest absolute Gasteiger partial charge is 0.494 e. The molecule has 5 rings (SSSR count). The zero-order chi connectivity index (χ0) is 25.8. The fourth-order valence-corrected chi connectivity index (χ4v) is 4.56. The lowest BCUT2D eigenvalue weighted by Crippen LogP contribution is -2.08. The Labute approximate surface area is 216 Å². The minimum Gasteiger partial charge on any atom is -0.494 e. The van der Waals surface area contributed by atoms with Gasteiger partial charge >= 0.3 is 0 Å². The van der Waals surface area contributed by atoms with Crippen LogP contribution in [0, 0.1) is 0 Å². The predicted octanol–water partition coefficient (Wildman–Crippen LogP) is 8.09. The first-order valence-electron chi connectivity index (χ1n) is 12.5. The minimum absolute atomic E-state index is 0.217. The summed E-state index contributed by atoms with van der Waals surface area (Å²) in [6, 6.07) is 25.9. The van der Waals surface area contributed by atoms with Gasteiger partial charge in [-0.1, -0.05) is 42.5 Å². The summed E-state index contributed by atoms with van der Waals surface area (Å²) in [6.07, 6.45) is 3.39. The van der Waals surface area contributed by atoms with Crippen LogP contribution < -0.4 is 14.8 Å². The standard InChI is InChI=1S/C32H29NO4/c1-4-35-24-15-13-23(14-16-24)33-32(34)17-21(3)27-18-28-29(20-37-31(28)19-30(27)36-5-2)26-12-8-10-22-9-6-7-11-25(22)26/h6-20H,4-5H2,1-3H3,(H,33,34)/b21-17+. The Kier molecular flexibility index (Phi) is 6.95. The van der Waals surface area contributed by atoms with E-state index in [1.54, 1.807) is 12.3 Å². The van der Waals surface area contributed by atoms with Crippen LogP contribution in [0.4, 0.5) is 5.69 Å². The third-order valence-electron chi connectivity index (χ3n) is 6.26. The molecule has 0 radical (unpaired) electrons. The molecular weight excluding hydrogens is 462 g/mol. The van der Waals surface area contributed by atoms with Crippen LogP contribution in [0.5, 0.6) is 11.5 Å². The van der Waals surface area contributed by atoms with Gasteiger partial charge in [-0.2, -0.15) is 0 Å². The molecular formula is C32H29NO4. The molecule has 0 saturated heterocycles. The van der Waals surface area contributed by atoms with Gasteiger partial charge in [0.15, 0.2) is 0 Å². The number of anilines is 1. The summed E-state index contributed by atoms with van der Waals surface area (Å²) in [5, 5.41) is 6.22. The highest BCUT2D eigenvalue weighted by atomic mass is 16.5. The molecule has 1 N–H and O–H groups in total. The second-order valence-corrected chi connectivity index (χ2v) is 8.73. The highest BCUT2D eigenvalue weighted by Gasteiger charge is 2.16. The highest BCUT2D eigenvalue weighted by molar-refractivity contribution is 6.07. The van der Waals surface area contributed by atoms with Crippen molar-refractivity contribution in [2.75, 3.05) is 18.5 Å². The Hall–Kier alpha value is -4.51. The molecule has 0 aliphatic rings. The molecule has 1 amide bonds. The first-order valence-corrected chi connectivity index (χ1v) is 12.5. The summed E-state index contributed by atoms with van der Waals surface area (Å²) in [6.45, 7) is 6.89. The molecule has 0 bridgehead atoms. The van der Waals surface area contributed by atoms with Gasteiger partial charge in [-0.15, -0.1) is 0 Å². The Morgan fingerprint density at radius 3 is 2.41 bits per heavy atom. The molecule has 5 aromatic rings. The topological polar surface area (TPSA) is 60.7 Å². The fraction of sp³-hybridized carbons (Fsp3) is 0.156. The number of amides is 1. The first-order chi connectivity index (χ1) is 18.1. The summed E-state index contributed by atoms with van der Waals surface area (Å²) in [5.41, 5.74) is 5.18. The third-order valence-corrected chi connectivity index (χ3v) is 6.26. The number of furan rings is 1. The Morgan fingerprint density at radius 2 is 1.62 bits per heavy atom. The van der Waals surface area contributed by atoms with Gasteiger partial charge in [-0.3, -0.25) is 4.79 Å². The average Bonchev–Trinajstić information content (AvgIpc) is 3.32. The number of carbonyl (C=O) groups excluding carboxylic acids is 1. The molecule has 0 fully saturated rings. The second kappa shape index (κ2) is 10.6. The van der Waals surface area contributed by atoms with E-state index in [-0.39, 0.29) is 5.91 Å². The predicted molar refractivity (Wildman–Crippen MR) is 150 cm³/mol. The van der Waals surface area contributed by atoms with Crippen LogP contribution >= 0.6 is 0 Å². The second-order valence-electron chi connectivity index (χ2n) is 8.73. The van der Waals surface area contributed by atoms with E-state index in [0.29, 0.717) is 24.7 Å². The van der Waals surface area contributed by atoms with Crippen molar-refractivity contribution in [1.29, 1.82) is 0 Å². The SMILES string of the molecule is CCOc1ccc(NC(=O)/C=C(\C)c2cc3c(-c4cccc5ccccc45)coc3cc2OCC)cc1. The summed E-state index contributed by atoms with van der Waals surface area (Å²) in [4.78, 5) is 12.8. The number of hydrogen-bond donors (Lipinski definition) is 1. The number of carbonyl (C=O) groups is 1. The Bertz CT molecular complexity index is 1590. The number of rotatable bonds is 8. The van der Waals surface area contributed by atoms with E-state index in [2.05, 4.69) is 41.7 Å². The molecule has 0 unspecified atom stereocenters. The van der Waals surface area contributed by atoms with Crippen LogP contribution in [-0.4, -0.2) is 19.1 Å². The molecule has 5 heteroatoms. The maximum atomic E-state index is 12.8. The van der Waals surface area contributed by atoms with E-state index in [0.717, 1.165) is 44.4 Å². The van der Waals surface area contributed by atoms with Gasteiger partial charge in [-0.05, 0) is 73.0 Å². The Balaban J connectivity index is 1.51. The van der Waals surface area contributed by atoms with Crippen molar-refractivity contribution in [3.05, 3.63) is 96.8 Å². The average molecular weight is 492 g/mol. The van der Waals surface area contributed by atoms with Crippen LogP contribution in [0.1, 0.15) is 26.3 Å². The van der Waals surface area contributed by atoms with Crippen molar-refractivity contribution in [1.82, 2.24) is 0 Å². The van der Waals surface area contributed by atoms with Crippen LogP contribution in [0.15, 0.2) is 95.6 Å². The van der Waals surface area contributed by atoms with E-state index < -0.39 is 0 Å². The quantitative estimate of drug-likeness (QED) is 0.223. The molecule has 186 valence electrons. The van der Waals surface area contributed by atoms with Gasteiger partial charge < -0.3 is 19.2 Å². The zero-order valence-corrected chi connectivity index (χ0v) is 21.2. The van der Waals surface area contributed by atoms with Gasteiger partial charge in [0.2, 0.25) is 5.91 Å². The van der Waals surface area contributed by atoms with Gasteiger partial charge in [0, 0.05) is 34.3 Å². The van der Waals surface area contributed by atoms with Crippen LogP contribution in [0.3, 0.4) is 0 Å². The molecule has 0 aliphatic heterocycles. The molecule has 1 heterocycles. The van der Waals surface area contributed by atoms with Crippen molar-refractivity contribution in [3.8, 4) is 22.6 Å². The summed E-state index contributed by atoms with van der Waals surface area (Å²) in [7, 11) is 0.